The van der Waals surface area contributed by atoms with E-state index in [0.29, 0.717) is 23.2 Å². The zero-order chi connectivity index (χ0) is 13.8. The van der Waals surface area contributed by atoms with Gasteiger partial charge in [-0.2, -0.15) is 0 Å². The molecule has 0 unspecified atom stereocenters. The van der Waals surface area contributed by atoms with Gasteiger partial charge in [-0.05, 0) is 30.7 Å². The standard InChI is InChI=1S/C14H19ClN2O2/c1-17(11-5-6-16-9-11)14(18)7-10-3-4-12(19-2)8-13(10)15/h3-4,8,11,16H,5-7,9H2,1-2H3/t11-/m1/s1. The lowest BCUT2D eigenvalue weighted by Crippen LogP contribution is -2.39. The summed E-state index contributed by atoms with van der Waals surface area (Å²) < 4.78 is 5.10. The van der Waals surface area contributed by atoms with Gasteiger partial charge in [0.25, 0.3) is 0 Å². The molecule has 1 heterocycles. The summed E-state index contributed by atoms with van der Waals surface area (Å²) in [4.78, 5) is 14.0. The predicted octanol–water partition coefficient (Wildman–Crippen LogP) is 1.71. The van der Waals surface area contributed by atoms with E-state index in [-0.39, 0.29) is 5.91 Å². The molecule has 19 heavy (non-hydrogen) atoms. The van der Waals surface area contributed by atoms with E-state index in [9.17, 15) is 4.79 Å². The van der Waals surface area contributed by atoms with E-state index in [1.165, 1.54) is 0 Å². The van der Waals surface area contributed by atoms with Crippen LogP contribution in [0.4, 0.5) is 0 Å². The third-order valence-corrected chi connectivity index (χ3v) is 3.93. The topological polar surface area (TPSA) is 41.6 Å². The van der Waals surface area contributed by atoms with Crippen molar-refractivity contribution in [1.29, 1.82) is 0 Å². The van der Waals surface area contributed by atoms with Crippen LogP contribution in [0.5, 0.6) is 5.75 Å². The summed E-state index contributed by atoms with van der Waals surface area (Å²) in [5, 5.41) is 3.84. The number of benzene rings is 1. The Hall–Kier alpha value is -1.26. The van der Waals surface area contributed by atoms with Crippen molar-refractivity contribution in [3.05, 3.63) is 28.8 Å². The van der Waals surface area contributed by atoms with Gasteiger partial charge >= 0.3 is 0 Å². The number of rotatable bonds is 4. The number of halogens is 1. The Morgan fingerprint density at radius 1 is 1.58 bits per heavy atom. The minimum atomic E-state index is 0.0979. The molecular weight excluding hydrogens is 264 g/mol. The molecule has 0 aromatic heterocycles. The summed E-state index contributed by atoms with van der Waals surface area (Å²) in [6.45, 7) is 1.85. The average molecular weight is 283 g/mol. The van der Waals surface area contributed by atoms with Crippen LogP contribution in [0, 0.1) is 0 Å². The summed E-state index contributed by atoms with van der Waals surface area (Å²) in [6.07, 6.45) is 1.34. The molecule has 0 saturated carbocycles. The van der Waals surface area contributed by atoms with Crippen molar-refractivity contribution >= 4 is 17.5 Å². The molecule has 1 aromatic rings. The van der Waals surface area contributed by atoms with Crippen molar-refractivity contribution in [3.8, 4) is 5.75 Å². The lowest BCUT2D eigenvalue weighted by Gasteiger charge is -2.24. The zero-order valence-electron chi connectivity index (χ0n) is 11.3. The lowest BCUT2D eigenvalue weighted by atomic mass is 10.1. The van der Waals surface area contributed by atoms with Gasteiger partial charge in [-0.15, -0.1) is 0 Å². The van der Waals surface area contributed by atoms with E-state index in [1.807, 2.05) is 24.1 Å². The molecule has 1 fully saturated rings. The van der Waals surface area contributed by atoms with Crippen molar-refractivity contribution in [2.45, 2.75) is 18.9 Å². The quantitative estimate of drug-likeness (QED) is 0.914. The van der Waals surface area contributed by atoms with Crippen LogP contribution in [0.2, 0.25) is 5.02 Å². The van der Waals surface area contributed by atoms with E-state index in [1.54, 1.807) is 13.2 Å². The van der Waals surface area contributed by atoms with Gasteiger partial charge < -0.3 is 15.0 Å². The Morgan fingerprint density at radius 2 is 2.37 bits per heavy atom. The molecule has 2 rings (SSSR count). The highest BCUT2D eigenvalue weighted by atomic mass is 35.5. The van der Waals surface area contributed by atoms with Gasteiger partial charge in [-0.1, -0.05) is 17.7 Å². The Bertz CT molecular complexity index is 459. The highest BCUT2D eigenvalue weighted by molar-refractivity contribution is 6.31. The lowest BCUT2D eigenvalue weighted by molar-refractivity contribution is -0.130. The molecule has 1 aromatic carbocycles. The molecule has 1 saturated heterocycles. The monoisotopic (exact) mass is 282 g/mol. The Kier molecular flexibility index (Phi) is 4.66. The van der Waals surface area contributed by atoms with Crippen LogP contribution >= 0.6 is 11.6 Å². The summed E-state index contributed by atoms with van der Waals surface area (Å²) in [5.74, 6) is 0.801. The zero-order valence-corrected chi connectivity index (χ0v) is 12.0. The van der Waals surface area contributed by atoms with Crippen molar-refractivity contribution < 1.29 is 9.53 Å². The molecule has 0 aliphatic carbocycles. The number of methoxy groups -OCH3 is 1. The van der Waals surface area contributed by atoms with Crippen LogP contribution in [-0.4, -0.2) is 44.1 Å². The summed E-state index contributed by atoms with van der Waals surface area (Å²) in [5.41, 5.74) is 0.838. The predicted molar refractivity (Wildman–Crippen MR) is 75.8 cm³/mol. The van der Waals surface area contributed by atoms with Crippen LogP contribution in [0.3, 0.4) is 0 Å². The van der Waals surface area contributed by atoms with Gasteiger partial charge in [-0.3, -0.25) is 4.79 Å². The van der Waals surface area contributed by atoms with Crippen LogP contribution in [0.1, 0.15) is 12.0 Å². The van der Waals surface area contributed by atoms with Gasteiger partial charge in [0.05, 0.1) is 13.5 Å². The second kappa shape index (κ2) is 6.26. The third kappa shape index (κ3) is 3.39. The molecule has 1 aliphatic rings. The SMILES string of the molecule is COc1ccc(CC(=O)N(C)[C@@H]2CCNC2)c(Cl)c1. The minimum absolute atomic E-state index is 0.0979. The minimum Gasteiger partial charge on any atom is -0.497 e. The van der Waals surface area contributed by atoms with Crippen molar-refractivity contribution in [2.75, 3.05) is 27.2 Å². The maximum atomic E-state index is 12.2. The van der Waals surface area contributed by atoms with Crippen molar-refractivity contribution in [2.24, 2.45) is 0 Å². The number of amides is 1. The van der Waals surface area contributed by atoms with Crippen LogP contribution in [0.15, 0.2) is 18.2 Å². The first-order valence-electron chi connectivity index (χ1n) is 6.40. The van der Waals surface area contributed by atoms with Crippen LogP contribution in [-0.2, 0) is 11.2 Å². The first-order chi connectivity index (χ1) is 9.11. The number of hydrogen-bond donors (Lipinski definition) is 1. The average Bonchev–Trinajstić information content (AvgIpc) is 2.94. The van der Waals surface area contributed by atoms with Crippen molar-refractivity contribution in [1.82, 2.24) is 10.2 Å². The largest absolute Gasteiger partial charge is 0.497 e. The molecule has 0 bridgehead atoms. The number of hydrogen-bond acceptors (Lipinski definition) is 3. The summed E-state index contributed by atoms with van der Waals surface area (Å²) in [7, 11) is 3.45. The maximum absolute atomic E-state index is 12.2. The molecule has 5 heteroatoms. The number of likely N-dealkylation sites (N-methyl/N-ethyl adjacent to an activating group) is 1. The van der Waals surface area contributed by atoms with Gasteiger partial charge in [-0.25, -0.2) is 0 Å². The summed E-state index contributed by atoms with van der Waals surface area (Å²) >= 11 is 6.15. The van der Waals surface area contributed by atoms with Crippen molar-refractivity contribution in [3.63, 3.8) is 0 Å². The van der Waals surface area contributed by atoms with E-state index >= 15 is 0 Å². The Balaban J connectivity index is 2.01. The highest BCUT2D eigenvalue weighted by Gasteiger charge is 2.23. The normalized spacial score (nSPS) is 18.4. The third-order valence-electron chi connectivity index (χ3n) is 3.58. The van der Waals surface area contributed by atoms with E-state index in [2.05, 4.69) is 5.32 Å². The second-order valence-corrected chi connectivity index (χ2v) is 5.19. The number of carbonyl (C=O) groups excluding carboxylic acids is 1. The smallest absolute Gasteiger partial charge is 0.227 e. The fourth-order valence-electron chi connectivity index (χ4n) is 2.26. The fourth-order valence-corrected chi connectivity index (χ4v) is 2.50. The highest BCUT2D eigenvalue weighted by Crippen LogP contribution is 2.23. The molecule has 0 spiro atoms. The Labute approximate surface area is 118 Å². The fraction of sp³-hybridized carbons (Fsp3) is 0.500. The van der Waals surface area contributed by atoms with Gasteiger partial charge in [0, 0.05) is 24.7 Å². The molecule has 1 amide bonds. The molecule has 1 N–H and O–H groups in total. The molecule has 104 valence electrons. The number of nitrogens with one attached hydrogen (secondary N) is 1. The first-order valence-corrected chi connectivity index (χ1v) is 6.78. The molecule has 1 atom stereocenters. The van der Waals surface area contributed by atoms with E-state index in [0.717, 1.165) is 25.1 Å². The maximum Gasteiger partial charge on any atom is 0.227 e. The molecular formula is C14H19ClN2O2. The summed E-state index contributed by atoms with van der Waals surface area (Å²) in [6, 6.07) is 5.71. The van der Waals surface area contributed by atoms with Crippen LogP contribution < -0.4 is 10.1 Å². The van der Waals surface area contributed by atoms with E-state index in [4.69, 9.17) is 16.3 Å². The second-order valence-electron chi connectivity index (χ2n) is 4.79. The first kappa shape index (κ1) is 14.2. The number of carbonyl (C=O) groups is 1. The molecule has 1 aliphatic heterocycles. The number of ether oxygens (including phenoxy) is 1. The van der Waals surface area contributed by atoms with Crippen LogP contribution in [0.25, 0.3) is 0 Å². The number of nitrogens with zero attached hydrogens (tertiary/aromatic N) is 1. The molecule has 0 radical (unpaired) electrons. The molecule has 4 nitrogen and oxygen atoms in total. The van der Waals surface area contributed by atoms with Gasteiger partial charge in [0.2, 0.25) is 5.91 Å². The Morgan fingerprint density at radius 3 is 2.95 bits per heavy atom. The van der Waals surface area contributed by atoms with Gasteiger partial charge in [0.15, 0.2) is 0 Å². The van der Waals surface area contributed by atoms with E-state index < -0.39 is 0 Å². The van der Waals surface area contributed by atoms with Gasteiger partial charge in [0.1, 0.15) is 5.75 Å².